The number of piperidine rings is 1. The number of H-pyrrole nitrogens is 1. The van der Waals surface area contributed by atoms with Crippen LogP contribution in [0.3, 0.4) is 0 Å². The predicted octanol–water partition coefficient (Wildman–Crippen LogP) is 1.70. The standard InChI is InChI=1S/C20H29N5O3/c1-14-5-4-6-16(13-14)15(2)21-18-22-19(26)25(20(27)23-18)17-7-9-24(10-8-17)11-12-28-3/h4-6,13,15,17H,7-12H2,1-3H3,(H2,21,22,23,26,27)/t15-/m0/s1. The second kappa shape index (κ2) is 9.16. The van der Waals surface area contributed by atoms with Gasteiger partial charge in [0.15, 0.2) is 0 Å². The number of benzene rings is 1. The number of aromatic amines is 1. The third kappa shape index (κ3) is 4.88. The Morgan fingerprint density at radius 1 is 1.32 bits per heavy atom. The summed E-state index contributed by atoms with van der Waals surface area (Å²) in [4.78, 5) is 34.2. The van der Waals surface area contributed by atoms with Crippen molar-refractivity contribution in [1.29, 1.82) is 0 Å². The number of rotatable bonds is 7. The smallest absolute Gasteiger partial charge is 0.355 e. The maximum atomic E-state index is 12.6. The molecule has 0 unspecified atom stereocenters. The minimum Gasteiger partial charge on any atom is -0.383 e. The highest BCUT2D eigenvalue weighted by molar-refractivity contribution is 5.32. The lowest BCUT2D eigenvalue weighted by Gasteiger charge is -2.31. The van der Waals surface area contributed by atoms with Crippen LogP contribution in [0.2, 0.25) is 0 Å². The zero-order valence-electron chi connectivity index (χ0n) is 16.8. The Morgan fingerprint density at radius 2 is 2.07 bits per heavy atom. The number of nitrogens with zero attached hydrogens (tertiary/aromatic N) is 3. The van der Waals surface area contributed by atoms with E-state index >= 15 is 0 Å². The molecular weight excluding hydrogens is 358 g/mol. The molecule has 8 heteroatoms. The quantitative estimate of drug-likeness (QED) is 0.751. The first-order valence-corrected chi connectivity index (χ1v) is 9.75. The van der Waals surface area contributed by atoms with Gasteiger partial charge in [0.1, 0.15) is 0 Å². The summed E-state index contributed by atoms with van der Waals surface area (Å²) in [6.45, 7) is 7.22. The molecular formula is C20H29N5O3. The van der Waals surface area contributed by atoms with Crippen LogP contribution in [-0.2, 0) is 4.74 Å². The molecule has 0 spiro atoms. The van der Waals surface area contributed by atoms with Gasteiger partial charge >= 0.3 is 11.4 Å². The molecule has 0 aliphatic carbocycles. The maximum absolute atomic E-state index is 12.6. The molecule has 1 saturated heterocycles. The van der Waals surface area contributed by atoms with Gasteiger partial charge in [-0.3, -0.25) is 4.98 Å². The first-order valence-electron chi connectivity index (χ1n) is 9.75. The van der Waals surface area contributed by atoms with E-state index in [9.17, 15) is 9.59 Å². The normalized spacial score (nSPS) is 16.8. The van der Waals surface area contributed by atoms with Gasteiger partial charge in [0, 0.05) is 32.8 Å². The van der Waals surface area contributed by atoms with Crippen molar-refractivity contribution in [1.82, 2.24) is 19.4 Å². The molecule has 1 fully saturated rings. The fourth-order valence-corrected chi connectivity index (χ4v) is 3.67. The molecule has 1 aromatic heterocycles. The van der Waals surface area contributed by atoms with Gasteiger partial charge in [-0.1, -0.05) is 29.8 Å². The summed E-state index contributed by atoms with van der Waals surface area (Å²) in [5.74, 6) is 0.206. The van der Waals surface area contributed by atoms with Crippen LogP contribution in [0, 0.1) is 6.92 Å². The molecule has 1 aliphatic heterocycles. The summed E-state index contributed by atoms with van der Waals surface area (Å²) < 4.78 is 6.37. The highest BCUT2D eigenvalue weighted by Gasteiger charge is 2.23. The van der Waals surface area contributed by atoms with E-state index in [-0.39, 0.29) is 18.0 Å². The van der Waals surface area contributed by atoms with Crippen LogP contribution in [0.1, 0.15) is 43.0 Å². The molecule has 2 heterocycles. The van der Waals surface area contributed by atoms with Gasteiger partial charge in [-0.2, -0.15) is 4.98 Å². The molecule has 0 amide bonds. The van der Waals surface area contributed by atoms with Crippen molar-refractivity contribution in [2.24, 2.45) is 0 Å². The topological polar surface area (TPSA) is 92.2 Å². The number of likely N-dealkylation sites (tertiary alicyclic amines) is 1. The highest BCUT2D eigenvalue weighted by atomic mass is 16.5. The van der Waals surface area contributed by atoms with Crippen molar-refractivity contribution >= 4 is 5.95 Å². The van der Waals surface area contributed by atoms with E-state index in [0.717, 1.165) is 43.6 Å². The summed E-state index contributed by atoms with van der Waals surface area (Å²) in [5, 5.41) is 3.13. The van der Waals surface area contributed by atoms with E-state index in [0.29, 0.717) is 6.61 Å². The number of methoxy groups -OCH3 is 1. The van der Waals surface area contributed by atoms with Crippen LogP contribution in [0.15, 0.2) is 33.9 Å². The van der Waals surface area contributed by atoms with Gasteiger partial charge < -0.3 is 15.0 Å². The third-order valence-corrected chi connectivity index (χ3v) is 5.29. The van der Waals surface area contributed by atoms with Gasteiger partial charge in [0.25, 0.3) is 0 Å². The molecule has 2 N–H and O–H groups in total. The minimum absolute atomic E-state index is 0.0812. The lowest BCUT2D eigenvalue weighted by Crippen LogP contribution is -2.45. The molecule has 0 bridgehead atoms. The van der Waals surface area contributed by atoms with Gasteiger partial charge in [-0.25, -0.2) is 14.2 Å². The van der Waals surface area contributed by atoms with Gasteiger partial charge in [0.2, 0.25) is 5.95 Å². The first-order chi connectivity index (χ1) is 13.5. The van der Waals surface area contributed by atoms with Crippen LogP contribution in [-0.4, -0.2) is 52.8 Å². The van der Waals surface area contributed by atoms with E-state index in [2.05, 4.69) is 26.3 Å². The second-order valence-corrected chi connectivity index (χ2v) is 7.39. The van der Waals surface area contributed by atoms with Crippen LogP contribution in [0.25, 0.3) is 0 Å². The molecule has 1 aliphatic rings. The monoisotopic (exact) mass is 387 g/mol. The number of hydrogen-bond acceptors (Lipinski definition) is 6. The van der Waals surface area contributed by atoms with Crippen LogP contribution in [0.4, 0.5) is 5.95 Å². The lowest BCUT2D eigenvalue weighted by atomic mass is 10.1. The van der Waals surface area contributed by atoms with E-state index in [4.69, 9.17) is 4.74 Å². The molecule has 1 atom stereocenters. The largest absolute Gasteiger partial charge is 0.383 e. The Labute approximate surface area is 164 Å². The molecule has 1 aromatic carbocycles. The van der Waals surface area contributed by atoms with Crippen molar-refractivity contribution in [3.05, 3.63) is 56.4 Å². The van der Waals surface area contributed by atoms with Crippen molar-refractivity contribution in [3.8, 4) is 0 Å². The minimum atomic E-state index is -0.502. The zero-order valence-corrected chi connectivity index (χ0v) is 16.8. The Bertz CT molecular complexity index is 868. The second-order valence-electron chi connectivity index (χ2n) is 7.39. The average molecular weight is 387 g/mol. The summed E-state index contributed by atoms with van der Waals surface area (Å²) in [5.41, 5.74) is 1.31. The Balaban J connectivity index is 1.70. The van der Waals surface area contributed by atoms with E-state index in [1.807, 2.05) is 32.0 Å². The number of hydrogen-bond donors (Lipinski definition) is 2. The highest BCUT2D eigenvalue weighted by Crippen LogP contribution is 2.20. The van der Waals surface area contributed by atoms with Crippen molar-refractivity contribution in [2.45, 2.75) is 38.8 Å². The number of anilines is 1. The maximum Gasteiger partial charge on any atom is 0.355 e. The van der Waals surface area contributed by atoms with E-state index < -0.39 is 11.4 Å². The van der Waals surface area contributed by atoms with Gasteiger partial charge in [-0.15, -0.1) is 0 Å². The molecule has 0 saturated carbocycles. The number of ether oxygens (including phenoxy) is 1. The Morgan fingerprint density at radius 3 is 2.71 bits per heavy atom. The van der Waals surface area contributed by atoms with Crippen LogP contribution in [0.5, 0.6) is 0 Å². The number of aromatic nitrogens is 3. The van der Waals surface area contributed by atoms with Gasteiger partial charge in [-0.05, 0) is 32.3 Å². The lowest BCUT2D eigenvalue weighted by molar-refractivity contribution is 0.120. The molecule has 3 rings (SSSR count). The molecule has 28 heavy (non-hydrogen) atoms. The Kier molecular flexibility index (Phi) is 6.64. The predicted molar refractivity (Wildman–Crippen MR) is 109 cm³/mol. The SMILES string of the molecule is COCCN1CCC(n2c(=O)nc(N[C@@H](C)c3cccc(C)c3)[nH]c2=O)CC1. The first kappa shape index (κ1) is 20.3. The summed E-state index contributed by atoms with van der Waals surface area (Å²) in [7, 11) is 1.69. The van der Waals surface area contributed by atoms with E-state index in [1.165, 1.54) is 4.57 Å². The average Bonchev–Trinajstić information content (AvgIpc) is 2.67. The van der Waals surface area contributed by atoms with Crippen molar-refractivity contribution in [3.63, 3.8) is 0 Å². The summed E-state index contributed by atoms with van der Waals surface area (Å²) in [6.07, 6.45) is 1.50. The molecule has 8 nitrogen and oxygen atoms in total. The van der Waals surface area contributed by atoms with Crippen molar-refractivity contribution < 1.29 is 4.74 Å². The van der Waals surface area contributed by atoms with E-state index in [1.54, 1.807) is 7.11 Å². The van der Waals surface area contributed by atoms with Crippen molar-refractivity contribution in [2.75, 3.05) is 38.7 Å². The third-order valence-electron chi connectivity index (χ3n) is 5.29. The molecule has 2 aromatic rings. The molecule has 0 radical (unpaired) electrons. The van der Waals surface area contributed by atoms with Gasteiger partial charge in [0.05, 0.1) is 12.6 Å². The molecule has 152 valence electrons. The summed E-state index contributed by atoms with van der Waals surface area (Å²) in [6, 6.07) is 7.87. The van der Waals surface area contributed by atoms with Crippen LogP contribution >= 0.6 is 0 Å². The zero-order chi connectivity index (χ0) is 20.1. The fraction of sp³-hybridized carbons (Fsp3) is 0.550. The number of nitrogens with one attached hydrogen (secondary N) is 2. The fourth-order valence-electron chi connectivity index (χ4n) is 3.67. The Hall–Kier alpha value is -2.45. The summed E-state index contributed by atoms with van der Waals surface area (Å²) >= 11 is 0. The number of aryl methyl sites for hydroxylation is 1. The van der Waals surface area contributed by atoms with Crippen LogP contribution < -0.4 is 16.7 Å².